The highest BCUT2D eigenvalue weighted by Crippen LogP contribution is 2.34. The number of nitrogens with zero attached hydrogens (tertiary/aromatic N) is 2. The molecule has 2 aliphatic rings. The Morgan fingerprint density at radius 3 is 2.51 bits per heavy atom. The monoisotopic (exact) mass is 578 g/mol. The molecule has 2 aromatic rings. The Morgan fingerprint density at radius 1 is 1.13 bits per heavy atom. The number of amides is 1. The Hall–Kier alpha value is -2.44. The van der Waals surface area contributed by atoms with Crippen LogP contribution in [0.5, 0.6) is 5.75 Å². The average molecular weight is 579 g/mol. The summed E-state index contributed by atoms with van der Waals surface area (Å²) in [5.74, 6) is 0.617. The molecule has 9 nitrogen and oxygen atoms in total. The standard InChI is InChI=1S/C28H38N2O7S2/c1-29(23-6-4-3-5-7-23)28(32)26-18-22(21-12-17-38-20-21)19-27(37-26)36-16-14-30(13-15-31)39(33,34)25-10-8-24(35-2)9-11-25/h8-12,17-18,20,22-23,27,31H,3-7,13-16,19H2,1-2H3/t22-,27+/m0/s1. The molecule has 11 heteroatoms. The van der Waals surface area contributed by atoms with E-state index in [1.165, 1.54) is 30.0 Å². The molecule has 1 saturated carbocycles. The second kappa shape index (κ2) is 13.8. The minimum absolute atomic E-state index is 0.0207. The fourth-order valence-corrected chi connectivity index (χ4v) is 7.22. The van der Waals surface area contributed by atoms with Crippen LogP contribution in [0.1, 0.15) is 50.0 Å². The first kappa shape index (κ1) is 29.5. The van der Waals surface area contributed by atoms with Gasteiger partial charge in [0.2, 0.25) is 16.3 Å². The van der Waals surface area contributed by atoms with E-state index < -0.39 is 16.3 Å². The summed E-state index contributed by atoms with van der Waals surface area (Å²) in [4.78, 5) is 15.3. The zero-order valence-corrected chi connectivity index (χ0v) is 24.2. The highest BCUT2D eigenvalue weighted by Gasteiger charge is 2.33. The molecule has 39 heavy (non-hydrogen) atoms. The number of methoxy groups -OCH3 is 1. The number of rotatable bonds is 12. The molecule has 1 aromatic heterocycles. The van der Waals surface area contributed by atoms with Gasteiger partial charge in [-0.3, -0.25) is 4.79 Å². The van der Waals surface area contributed by atoms with E-state index in [2.05, 4.69) is 5.38 Å². The minimum Gasteiger partial charge on any atom is -0.497 e. The molecule has 0 saturated heterocycles. The second-order valence-electron chi connectivity index (χ2n) is 9.86. The van der Waals surface area contributed by atoms with Crippen LogP contribution in [0, 0.1) is 0 Å². The minimum atomic E-state index is -3.86. The first-order valence-electron chi connectivity index (χ1n) is 13.4. The van der Waals surface area contributed by atoms with Crippen LogP contribution in [-0.4, -0.2) is 81.4 Å². The Bertz CT molecular complexity index is 1190. The molecule has 1 aliphatic carbocycles. The largest absolute Gasteiger partial charge is 0.497 e. The number of benzene rings is 1. The van der Waals surface area contributed by atoms with E-state index in [4.69, 9.17) is 14.2 Å². The molecule has 2 heterocycles. The first-order valence-corrected chi connectivity index (χ1v) is 15.8. The average Bonchev–Trinajstić information content (AvgIpc) is 3.51. The van der Waals surface area contributed by atoms with Crippen LogP contribution in [0.3, 0.4) is 0 Å². The third-order valence-electron chi connectivity index (χ3n) is 7.37. The van der Waals surface area contributed by atoms with Gasteiger partial charge in [0, 0.05) is 38.5 Å². The maximum Gasteiger partial charge on any atom is 0.288 e. The van der Waals surface area contributed by atoms with Crippen molar-refractivity contribution in [3.63, 3.8) is 0 Å². The number of likely N-dealkylation sites (N-methyl/N-ethyl adjacent to an activating group) is 1. The molecule has 1 amide bonds. The second-order valence-corrected chi connectivity index (χ2v) is 12.6. The number of aliphatic hydroxyl groups is 1. The van der Waals surface area contributed by atoms with E-state index in [1.807, 2.05) is 24.6 Å². The Morgan fingerprint density at radius 2 is 1.87 bits per heavy atom. The number of ether oxygens (including phenoxy) is 3. The van der Waals surface area contributed by atoms with Crippen molar-refractivity contribution in [2.24, 2.45) is 0 Å². The van der Waals surface area contributed by atoms with E-state index in [9.17, 15) is 18.3 Å². The van der Waals surface area contributed by atoms with E-state index in [1.54, 1.807) is 28.4 Å². The molecule has 0 unspecified atom stereocenters. The van der Waals surface area contributed by atoms with Crippen molar-refractivity contribution in [1.82, 2.24) is 9.21 Å². The lowest BCUT2D eigenvalue weighted by atomic mass is 9.93. The van der Waals surface area contributed by atoms with Crippen molar-refractivity contribution in [2.75, 3.05) is 40.5 Å². The molecule has 214 valence electrons. The van der Waals surface area contributed by atoms with Gasteiger partial charge in [0.1, 0.15) is 5.75 Å². The topological polar surface area (TPSA) is 106 Å². The van der Waals surface area contributed by atoms with Crippen molar-refractivity contribution in [2.45, 2.75) is 61.7 Å². The summed E-state index contributed by atoms with van der Waals surface area (Å²) in [5.41, 5.74) is 1.09. The third kappa shape index (κ3) is 7.40. The lowest BCUT2D eigenvalue weighted by Gasteiger charge is -2.34. The van der Waals surface area contributed by atoms with Crippen molar-refractivity contribution in [1.29, 1.82) is 0 Å². The Kier molecular flexibility index (Phi) is 10.4. The van der Waals surface area contributed by atoms with Crippen LogP contribution in [0.2, 0.25) is 0 Å². The van der Waals surface area contributed by atoms with Gasteiger partial charge in [-0.2, -0.15) is 15.6 Å². The number of allylic oxidation sites excluding steroid dienone is 1. The Labute approximate surface area is 235 Å². The van der Waals surface area contributed by atoms with Crippen molar-refractivity contribution in [3.05, 3.63) is 58.5 Å². The molecule has 1 aliphatic heterocycles. The fraction of sp³-hybridized carbons (Fsp3) is 0.536. The first-order chi connectivity index (χ1) is 18.8. The highest BCUT2D eigenvalue weighted by atomic mass is 32.2. The Balaban J connectivity index is 1.43. The van der Waals surface area contributed by atoms with Gasteiger partial charge in [-0.05, 0) is 65.6 Å². The quantitative estimate of drug-likeness (QED) is 0.406. The maximum atomic E-state index is 13.4. The van der Waals surface area contributed by atoms with Gasteiger partial charge >= 0.3 is 0 Å². The van der Waals surface area contributed by atoms with Crippen molar-refractivity contribution >= 4 is 27.3 Å². The molecule has 4 rings (SSSR count). The van der Waals surface area contributed by atoms with Crippen LogP contribution < -0.4 is 4.74 Å². The zero-order valence-electron chi connectivity index (χ0n) is 22.5. The van der Waals surface area contributed by atoms with E-state index >= 15 is 0 Å². The van der Waals surface area contributed by atoms with Crippen LogP contribution in [0.4, 0.5) is 0 Å². The lowest BCUT2D eigenvalue weighted by Crippen LogP contribution is -2.41. The zero-order chi connectivity index (χ0) is 27.8. The number of hydrogen-bond donors (Lipinski definition) is 1. The summed E-state index contributed by atoms with van der Waals surface area (Å²) in [6.45, 7) is -0.343. The van der Waals surface area contributed by atoms with Crippen molar-refractivity contribution < 1.29 is 32.5 Å². The lowest BCUT2D eigenvalue weighted by molar-refractivity contribution is -0.153. The van der Waals surface area contributed by atoms with Crippen LogP contribution in [0.15, 0.2) is 57.8 Å². The molecule has 1 fully saturated rings. The van der Waals surface area contributed by atoms with E-state index in [-0.39, 0.29) is 54.8 Å². The van der Waals surface area contributed by atoms with Gasteiger partial charge in [0.15, 0.2) is 5.76 Å². The molecule has 0 radical (unpaired) electrons. The summed E-state index contributed by atoms with van der Waals surface area (Å²) < 4.78 is 44.8. The van der Waals surface area contributed by atoms with Gasteiger partial charge in [0.25, 0.3) is 5.91 Å². The SMILES string of the molecule is COc1ccc(S(=O)(=O)N(CCO)CCO[C@H]2C[C@@H](c3ccsc3)C=C(C(=O)N(C)C3CCCCC3)O2)cc1. The molecule has 0 spiro atoms. The fourth-order valence-electron chi connectivity index (χ4n) is 5.08. The summed E-state index contributed by atoms with van der Waals surface area (Å²) in [7, 11) is -0.511. The third-order valence-corrected chi connectivity index (χ3v) is 9.99. The normalized spacial score (nSPS) is 20.4. The summed E-state index contributed by atoms with van der Waals surface area (Å²) >= 11 is 1.59. The number of thiophene rings is 1. The highest BCUT2D eigenvalue weighted by molar-refractivity contribution is 7.89. The predicted molar refractivity (Wildman–Crippen MR) is 149 cm³/mol. The number of carbonyl (C=O) groups excluding carboxylic acids is 1. The summed E-state index contributed by atoms with van der Waals surface area (Å²) in [6.07, 6.45) is 7.11. The van der Waals surface area contributed by atoms with Crippen molar-refractivity contribution in [3.8, 4) is 5.75 Å². The molecule has 0 bridgehead atoms. The van der Waals surface area contributed by atoms with Gasteiger partial charge < -0.3 is 24.2 Å². The van der Waals surface area contributed by atoms with Crippen LogP contribution >= 0.6 is 11.3 Å². The number of hydrogen-bond acceptors (Lipinski definition) is 8. The van der Waals surface area contributed by atoms with Gasteiger partial charge in [-0.1, -0.05) is 19.3 Å². The summed E-state index contributed by atoms with van der Waals surface area (Å²) in [6, 6.07) is 8.34. The number of aliphatic hydroxyl groups excluding tert-OH is 1. The number of carbonyl (C=O) groups is 1. The van der Waals surface area contributed by atoms with Crippen LogP contribution in [-0.2, 0) is 24.3 Å². The molecular weight excluding hydrogens is 540 g/mol. The number of sulfonamides is 1. The molecular formula is C28H38N2O7S2. The molecule has 1 aromatic carbocycles. The van der Waals surface area contributed by atoms with Gasteiger partial charge in [-0.15, -0.1) is 0 Å². The maximum absolute atomic E-state index is 13.4. The van der Waals surface area contributed by atoms with E-state index in [0.717, 1.165) is 31.2 Å². The molecule has 2 atom stereocenters. The molecule has 1 N–H and O–H groups in total. The van der Waals surface area contributed by atoms with Gasteiger partial charge in [0.05, 0.1) is 25.2 Å². The van der Waals surface area contributed by atoms with Crippen LogP contribution in [0.25, 0.3) is 0 Å². The predicted octanol–water partition coefficient (Wildman–Crippen LogP) is 3.96. The van der Waals surface area contributed by atoms with E-state index in [0.29, 0.717) is 12.2 Å². The smallest absolute Gasteiger partial charge is 0.288 e. The summed E-state index contributed by atoms with van der Waals surface area (Å²) in [5, 5.41) is 13.6. The van der Waals surface area contributed by atoms with Gasteiger partial charge in [-0.25, -0.2) is 8.42 Å².